The summed E-state index contributed by atoms with van der Waals surface area (Å²) in [4.78, 5) is 23.6. The van der Waals surface area contributed by atoms with E-state index in [1.54, 1.807) is 24.3 Å². The van der Waals surface area contributed by atoms with Crippen molar-refractivity contribution < 1.29 is 14.3 Å². The van der Waals surface area contributed by atoms with Gasteiger partial charge in [0.15, 0.2) is 6.61 Å². The zero-order chi connectivity index (χ0) is 19.1. The first-order valence-electron chi connectivity index (χ1n) is 8.05. The molecule has 0 fully saturated rings. The van der Waals surface area contributed by atoms with Gasteiger partial charge in [0.1, 0.15) is 0 Å². The van der Waals surface area contributed by atoms with Gasteiger partial charge in [0.05, 0.1) is 15.7 Å². The lowest BCUT2D eigenvalue weighted by Gasteiger charge is -2.08. The Morgan fingerprint density at radius 2 is 1.81 bits per heavy atom. The van der Waals surface area contributed by atoms with Gasteiger partial charge in [-0.1, -0.05) is 67.4 Å². The van der Waals surface area contributed by atoms with Crippen molar-refractivity contribution in [3.05, 3.63) is 69.7 Å². The fourth-order valence-electron chi connectivity index (χ4n) is 2.13. The maximum atomic E-state index is 11.8. The van der Waals surface area contributed by atoms with Crippen molar-refractivity contribution >= 4 is 46.8 Å². The molecule has 26 heavy (non-hydrogen) atoms. The van der Waals surface area contributed by atoms with Crippen LogP contribution in [0.15, 0.2) is 48.5 Å². The monoisotopic (exact) mass is 391 g/mol. The standard InChI is InChI=1S/C20H19Cl2NO3/c1-13(2)15-9-6-14(7-10-15)8-11-19(25)26-12-18(24)23-17-5-3-4-16(21)20(17)22/h3-11,13H,12H2,1-2H3,(H,23,24)/b11-8+. The van der Waals surface area contributed by atoms with E-state index in [9.17, 15) is 9.59 Å². The molecule has 0 unspecified atom stereocenters. The predicted octanol–water partition coefficient (Wildman–Crippen LogP) is 5.31. The molecule has 0 spiro atoms. The van der Waals surface area contributed by atoms with E-state index in [1.807, 2.05) is 24.3 Å². The Kier molecular flexibility index (Phi) is 7.25. The van der Waals surface area contributed by atoms with Gasteiger partial charge < -0.3 is 10.1 Å². The lowest BCUT2D eigenvalue weighted by molar-refractivity contribution is -0.142. The summed E-state index contributed by atoms with van der Waals surface area (Å²) in [5.74, 6) is -0.660. The van der Waals surface area contributed by atoms with Crippen LogP contribution in [0.1, 0.15) is 30.9 Å². The van der Waals surface area contributed by atoms with E-state index in [1.165, 1.54) is 11.6 Å². The minimum Gasteiger partial charge on any atom is -0.452 e. The average molecular weight is 392 g/mol. The van der Waals surface area contributed by atoms with Crippen molar-refractivity contribution in [1.82, 2.24) is 0 Å². The zero-order valence-electron chi connectivity index (χ0n) is 14.5. The minimum atomic E-state index is -0.606. The number of hydrogen-bond acceptors (Lipinski definition) is 3. The van der Waals surface area contributed by atoms with Gasteiger partial charge >= 0.3 is 5.97 Å². The maximum absolute atomic E-state index is 11.8. The molecule has 0 aliphatic carbocycles. The van der Waals surface area contributed by atoms with Crippen molar-refractivity contribution in [3.63, 3.8) is 0 Å². The molecule has 6 heteroatoms. The Morgan fingerprint density at radius 3 is 2.46 bits per heavy atom. The molecule has 2 aromatic rings. The summed E-state index contributed by atoms with van der Waals surface area (Å²) in [5, 5.41) is 3.10. The fourth-order valence-corrected chi connectivity index (χ4v) is 2.48. The Labute approximate surface area is 162 Å². The van der Waals surface area contributed by atoms with Crippen LogP contribution in [0.5, 0.6) is 0 Å². The highest BCUT2D eigenvalue weighted by Crippen LogP contribution is 2.29. The van der Waals surface area contributed by atoms with Crippen LogP contribution in [0.4, 0.5) is 5.69 Å². The van der Waals surface area contributed by atoms with Crippen LogP contribution in [-0.4, -0.2) is 18.5 Å². The number of benzene rings is 2. The number of rotatable bonds is 6. The summed E-state index contributed by atoms with van der Waals surface area (Å²) >= 11 is 11.9. The summed E-state index contributed by atoms with van der Waals surface area (Å²) in [6.45, 7) is 3.81. The molecule has 4 nitrogen and oxygen atoms in total. The molecule has 0 heterocycles. The molecular weight excluding hydrogens is 373 g/mol. The first kappa shape index (κ1) is 20.0. The summed E-state index contributed by atoms with van der Waals surface area (Å²) in [5.41, 5.74) is 2.46. The van der Waals surface area contributed by atoms with Gasteiger partial charge in [0.2, 0.25) is 0 Å². The molecule has 1 N–H and O–H groups in total. The van der Waals surface area contributed by atoms with Gasteiger partial charge in [-0.05, 0) is 35.3 Å². The predicted molar refractivity (Wildman–Crippen MR) is 106 cm³/mol. The van der Waals surface area contributed by atoms with Crippen LogP contribution in [-0.2, 0) is 14.3 Å². The smallest absolute Gasteiger partial charge is 0.331 e. The number of nitrogens with one attached hydrogen (secondary N) is 1. The number of carbonyl (C=O) groups excluding carboxylic acids is 2. The molecule has 1 amide bonds. The second kappa shape index (κ2) is 9.41. The van der Waals surface area contributed by atoms with Gasteiger partial charge in [-0.2, -0.15) is 0 Å². The van der Waals surface area contributed by atoms with Crippen LogP contribution in [0.3, 0.4) is 0 Å². The topological polar surface area (TPSA) is 55.4 Å². The van der Waals surface area contributed by atoms with Crippen LogP contribution in [0.25, 0.3) is 6.08 Å². The van der Waals surface area contributed by atoms with Crippen LogP contribution in [0, 0.1) is 0 Å². The molecule has 0 aliphatic heterocycles. The number of amides is 1. The summed E-state index contributed by atoms with van der Waals surface area (Å²) < 4.78 is 4.92. The number of halogens is 2. The Balaban J connectivity index is 1.84. The maximum Gasteiger partial charge on any atom is 0.331 e. The van der Waals surface area contributed by atoms with E-state index >= 15 is 0 Å². The van der Waals surface area contributed by atoms with Crippen molar-refractivity contribution in [2.75, 3.05) is 11.9 Å². The Bertz CT molecular complexity index is 814. The van der Waals surface area contributed by atoms with Crippen molar-refractivity contribution in [1.29, 1.82) is 0 Å². The van der Waals surface area contributed by atoms with E-state index in [2.05, 4.69) is 19.2 Å². The number of anilines is 1. The van der Waals surface area contributed by atoms with E-state index in [0.29, 0.717) is 16.6 Å². The molecule has 0 atom stereocenters. The molecule has 0 radical (unpaired) electrons. The molecule has 2 aromatic carbocycles. The van der Waals surface area contributed by atoms with Gasteiger partial charge in [-0.25, -0.2) is 4.79 Å². The SMILES string of the molecule is CC(C)c1ccc(/C=C/C(=O)OCC(=O)Nc2cccc(Cl)c2Cl)cc1. The molecule has 136 valence electrons. The number of ether oxygens (including phenoxy) is 1. The molecule has 0 aromatic heterocycles. The van der Waals surface area contributed by atoms with Crippen LogP contribution < -0.4 is 5.32 Å². The summed E-state index contributed by atoms with van der Waals surface area (Å²) in [6, 6.07) is 12.7. The molecule has 0 aliphatic rings. The van der Waals surface area contributed by atoms with Crippen molar-refractivity contribution in [2.45, 2.75) is 19.8 Å². The minimum absolute atomic E-state index is 0.235. The van der Waals surface area contributed by atoms with Gasteiger partial charge in [-0.3, -0.25) is 4.79 Å². The Morgan fingerprint density at radius 1 is 1.12 bits per heavy atom. The highest BCUT2D eigenvalue weighted by atomic mass is 35.5. The first-order valence-corrected chi connectivity index (χ1v) is 8.81. The third-order valence-electron chi connectivity index (χ3n) is 3.59. The second-order valence-corrected chi connectivity index (χ2v) is 6.70. The highest BCUT2D eigenvalue weighted by Gasteiger charge is 2.10. The normalized spacial score (nSPS) is 11.0. The van der Waals surface area contributed by atoms with Crippen molar-refractivity contribution in [2.24, 2.45) is 0 Å². The lowest BCUT2D eigenvalue weighted by atomic mass is 10.0. The Hall–Kier alpha value is -2.30. The molecule has 0 saturated carbocycles. The van der Waals surface area contributed by atoms with E-state index in [4.69, 9.17) is 27.9 Å². The zero-order valence-corrected chi connectivity index (χ0v) is 16.0. The highest BCUT2D eigenvalue weighted by molar-refractivity contribution is 6.44. The molecular formula is C20H19Cl2NO3. The van der Waals surface area contributed by atoms with Gasteiger partial charge in [-0.15, -0.1) is 0 Å². The molecule has 0 bridgehead atoms. The van der Waals surface area contributed by atoms with Crippen LogP contribution >= 0.6 is 23.2 Å². The van der Waals surface area contributed by atoms with E-state index in [0.717, 1.165) is 5.56 Å². The average Bonchev–Trinajstić information content (AvgIpc) is 2.62. The summed E-state index contributed by atoms with van der Waals surface area (Å²) in [6.07, 6.45) is 2.92. The molecule has 2 rings (SSSR count). The van der Waals surface area contributed by atoms with Crippen LogP contribution in [0.2, 0.25) is 10.0 Å². The number of carbonyl (C=O) groups is 2. The lowest BCUT2D eigenvalue weighted by Crippen LogP contribution is -2.20. The second-order valence-electron chi connectivity index (χ2n) is 5.91. The van der Waals surface area contributed by atoms with E-state index in [-0.39, 0.29) is 5.02 Å². The molecule has 0 saturated heterocycles. The number of hydrogen-bond donors (Lipinski definition) is 1. The van der Waals surface area contributed by atoms with Gasteiger partial charge in [0, 0.05) is 6.08 Å². The quantitative estimate of drug-likeness (QED) is 0.535. The van der Waals surface area contributed by atoms with Crippen molar-refractivity contribution in [3.8, 4) is 0 Å². The number of esters is 1. The third-order valence-corrected chi connectivity index (χ3v) is 4.41. The summed E-state index contributed by atoms with van der Waals surface area (Å²) in [7, 11) is 0. The largest absolute Gasteiger partial charge is 0.452 e. The van der Waals surface area contributed by atoms with E-state index < -0.39 is 18.5 Å². The third kappa shape index (κ3) is 5.90. The van der Waals surface area contributed by atoms with Gasteiger partial charge in [0.25, 0.3) is 5.91 Å². The fraction of sp³-hybridized carbons (Fsp3) is 0.200. The first-order chi connectivity index (χ1) is 12.4.